The van der Waals surface area contributed by atoms with Gasteiger partial charge in [-0.1, -0.05) is 11.6 Å². The molecule has 0 atom stereocenters. The van der Waals surface area contributed by atoms with E-state index < -0.39 is 22.1 Å². The van der Waals surface area contributed by atoms with E-state index in [4.69, 9.17) is 11.6 Å². The molecular formula is C16H9ClFN3O4. The van der Waals surface area contributed by atoms with Gasteiger partial charge in [-0.15, -0.1) is 0 Å². The van der Waals surface area contributed by atoms with Crippen molar-refractivity contribution in [1.29, 1.82) is 0 Å². The van der Waals surface area contributed by atoms with E-state index in [1.807, 2.05) is 0 Å². The number of rotatable bonds is 3. The zero-order valence-electron chi connectivity index (χ0n) is 12.4. The quantitative estimate of drug-likeness (QED) is 0.550. The van der Waals surface area contributed by atoms with Crippen molar-refractivity contribution in [3.05, 3.63) is 79.3 Å². The van der Waals surface area contributed by atoms with E-state index >= 15 is 0 Å². The van der Waals surface area contributed by atoms with Gasteiger partial charge in [0.2, 0.25) is 5.43 Å². The molecule has 1 amide bonds. The van der Waals surface area contributed by atoms with Crippen LogP contribution >= 0.6 is 11.6 Å². The smallest absolute Gasteiger partial charge is 0.271 e. The Morgan fingerprint density at radius 1 is 1.24 bits per heavy atom. The van der Waals surface area contributed by atoms with Crippen molar-refractivity contribution in [3.8, 4) is 0 Å². The van der Waals surface area contributed by atoms with E-state index in [9.17, 15) is 24.1 Å². The van der Waals surface area contributed by atoms with Crippen molar-refractivity contribution in [2.24, 2.45) is 0 Å². The van der Waals surface area contributed by atoms with E-state index in [-0.39, 0.29) is 27.3 Å². The molecule has 126 valence electrons. The number of carbonyl (C=O) groups excluding carboxylic acids is 1. The SMILES string of the molecule is O=C(Nc1ccc([N+](=O)[O-])cc1Cl)c1c[nH]c2ccc(F)cc2c1=O. The number of carbonyl (C=O) groups is 1. The number of fused-ring (bicyclic) bond motifs is 1. The highest BCUT2D eigenvalue weighted by Crippen LogP contribution is 2.26. The summed E-state index contributed by atoms with van der Waals surface area (Å²) in [6, 6.07) is 7.12. The molecule has 0 saturated carbocycles. The fraction of sp³-hybridized carbons (Fsp3) is 0. The second kappa shape index (κ2) is 6.33. The third kappa shape index (κ3) is 3.20. The van der Waals surface area contributed by atoms with Crippen LogP contribution in [0.3, 0.4) is 0 Å². The Bertz CT molecular complexity index is 1080. The molecule has 2 aromatic carbocycles. The van der Waals surface area contributed by atoms with E-state index in [0.717, 1.165) is 12.1 Å². The van der Waals surface area contributed by atoms with Crippen LogP contribution in [0.2, 0.25) is 5.02 Å². The maximum absolute atomic E-state index is 13.3. The monoisotopic (exact) mass is 361 g/mol. The van der Waals surface area contributed by atoms with Crippen molar-refractivity contribution in [2.45, 2.75) is 0 Å². The second-order valence-electron chi connectivity index (χ2n) is 5.10. The highest BCUT2D eigenvalue weighted by atomic mass is 35.5. The number of pyridine rings is 1. The molecule has 0 aliphatic rings. The highest BCUT2D eigenvalue weighted by molar-refractivity contribution is 6.34. The van der Waals surface area contributed by atoms with Crippen LogP contribution in [0.25, 0.3) is 10.9 Å². The first kappa shape index (κ1) is 16.6. The number of hydrogen-bond acceptors (Lipinski definition) is 4. The summed E-state index contributed by atoms with van der Waals surface area (Å²) in [5.41, 5.74) is -0.634. The standard InChI is InChI=1S/C16H9ClFN3O4/c17-12-6-9(21(24)25)2-4-14(12)20-16(23)11-7-19-13-3-1-8(18)5-10(13)15(11)22/h1-7H,(H,19,22)(H,20,23). The summed E-state index contributed by atoms with van der Waals surface area (Å²) in [6.45, 7) is 0. The van der Waals surface area contributed by atoms with Crippen molar-refractivity contribution in [1.82, 2.24) is 4.98 Å². The number of amides is 1. The lowest BCUT2D eigenvalue weighted by atomic mass is 10.1. The predicted molar refractivity (Wildman–Crippen MR) is 90.6 cm³/mol. The number of non-ortho nitro benzene ring substituents is 1. The molecule has 0 aliphatic carbocycles. The molecule has 0 spiro atoms. The highest BCUT2D eigenvalue weighted by Gasteiger charge is 2.16. The van der Waals surface area contributed by atoms with Crippen LogP contribution in [0.5, 0.6) is 0 Å². The Labute approximate surface area is 144 Å². The first-order valence-electron chi connectivity index (χ1n) is 6.93. The summed E-state index contributed by atoms with van der Waals surface area (Å²) >= 11 is 5.91. The van der Waals surface area contributed by atoms with Gasteiger partial charge in [0.25, 0.3) is 11.6 Å². The summed E-state index contributed by atoms with van der Waals surface area (Å²) < 4.78 is 13.3. The number of anilines is 1. The van der Waals surface area contributed by atoms with Crippen molar-refractivity contribution in [3.63, 3.8) is 0 Å². The van der Waals surface area contributed by atoms with Crippen molar-refractivity contribution in [2.75, 3.05) is 5.32 Å². The van der Waals surface area contributed by atoms with Crippen LogP contribution in [-0.4, -0.2) is 15.8 Å². The van der Waals surface area contributed by atoms with Crippen molar-refractivity contribution < 1.29 is 14.1 Å². The van der Waals surface area contributed by atoms with E-state index in [0.29, 0.717) is 5.52 Å². The fourth-order valence-electron chi connectivity index (χ4n) is 2.27. The van der Waals surface area contributed by atoms with Gasteiger partial charge in [0.15, 0.2) is 0 Å². The van der Waals surface area contributed by atoms with Crippen LogP contribution in [-0.2, 0) is 0 Å². The fourth-order valence-corrected chi connectivity index (χ4v) is 2.49. The van der Waals surface area contributed by atoms with Crippen LogP contribution in [0.15, 0.2) is 47.4 Å². The van der Waals surface area contributed by atoms with Gasteiger partial charge in [0.05, 0.1) is 15.6 Å². The number of nitrogens with one attached hydrogen (secondary N) is 2. The maximum atomic E-state index is 13.3. The normalized spacial score (nSPS) is 10.6. The molecule has 0 bridgehead atoms. The van der Waals surface area contributed by atoms with Crippen LogP contribution in [0, 0.1) is 15.9 Å². The molecule has 0 saturated heterocycles. The minimum atomic E-state index is -0.775. The Morgan fingerprint density at radius 2 is 2.00 bits per heavy atom. The minimum absolute atomic E-state index is 0.0300. The number of nitro groups is 1. The van der Waals surface area contributed by atoms with Gasteiger partial charge >= 0.3 is 0 Å². The molecular weight excluding hydrogens is 353 g/mol. The lowest BCUT2D eigenvalue weighted by molar-refractivity contribution is -0.384. The maximum Gasteiger partial charge on any atom is 0.271 e. The number of nitrogens with zero attached hydrogens (tertiary/aromatic N) is 1. The Balaban J connectivity index is 1.97. The van der Waals surface area contributed by atoms with Crippen LogP contribution < -0.4 is 10.7 Å². The first-order valence-corrected chi connectivity index (χ1v) is 7.31. The summed E-state index contributed by atoms with van der Waals surface area (Å²) in [6.07, 6.45) is 1.21. The Kier molecular flexibility index (Phi) is 4.20. The van der Waals surface area contributed by atoms with Crippen LogP contribution in [0.4, 0.5) is 15.8 Å². The summed E-state index contributed by atoms with van der Waals surface area (Å²) in [4.78, 5) is 37.5. The molecule has 25 heavy (non-hydrogen) atoms. The summed E-state index contributed by atoms with van der Waals surface area (Å²) in [5, 5.41) is 13.1. The molecule has 7 nitrogen and oxygen atoms in total. The molecule has 1 aromatic heterocycles. The minimum Gasteiger partial charge on any atom is -0.360 e. The van der Waals surface area contributed by atoms with E-state index in [1.165, 1.54) is 30.5 Å². The average Bonchev–Trinajstić information content (AvgIpc) is 2.57. The third-order valence-corrected chi connectivity index (χ3v) is 3.81. The largest absolute Gasteiger partial charge is 0.360 e. The van der Waals surface area contributed by atoms with Gasteiger partial charge in [-0.05, 0) is 24.3 Å². The molecule has 0 aliphatic heterocycles. The Morgan fingerprint density at radius 3 is 2.68 bits per heavy atom. The van der Waals surface area contributed by atoms with Gasteiger partial charge in [-0.3, -0.25) is 19.7 Å². The molecule has 0 radical (unpaired) electrons. The molecule has 0 unspecified atom stereocenters. The number of benzene rings is 2. The first-order chi connectivity index (χ1) is 11.9. The van der Waals surface area contributed by atoms with Gasteiger partial charge < -0.3 is 10.3 Å². The number of aromatic nitrogens is 1. The number of halogens is 2. The topological polar surface area (TPSA) is 105 Å². The number of hydrogen-bond donors (Lipinski definition) is 2. The number of H-pyrrole nitrogens is 1. The summed E-state index contributed by atoms with van der Waals surface area (Å²) in [7, 11) is 0. The zero-order valence-corrected chi connectivity index (χ0v) is 13.1. The van der Waals surface area contributed by atoms with E-state index in [1.54, 1.807) is 0 Å². The van der Waals surface area contributed by atoms with Gasteiger partial charge in [0, 0.05) is 29.2 Å². The van der Waals surface area contributed by atoms with Crippen LogP contribution in [0.1, 0.15) is 10.4 Å². The third-order valence-electron chi connectivity index (χ3n) is 3.50. The molecule has 3 aromatic rings. The van der Waals surface area contributed by atoms with Gasteiger partial charge in [-0.25, -0.2) is 4.39 Å². The Hall–Kier alpha value is -3.26. The average molecular weight is 362 g/mol. The lowest BCUT2D eigenvalue weighted by Gasteiger charge is -2.07. The second-order valence-corrected chi connectivity index (χ2v) is 5.50. The lowest BCUT2D eigenvalue weighted by Crippen LogP contribution is -2.22. The molecule has 0 fully saturated rings. The molecule has 2 N–H and O–H groups in total. The molecule has 1 heterocycles. The summed E-state index contributed by atoms with van der Waals surface area (Å²) in [5.74, 6) is -1.38. The molecule has 9 heteroatoms. The zero-order chi connectivity index (χ0) is 18.1. The van der Waals surface area contributed by atoms with Crippen molar-refractivity contribution >= 4 is 39.8 Å². The predicted octanol–water partition coefficient (Wildman–Crippen LogP) is 3.48. The molecule has 3 rings (SSSR count). The van der Waals surface area contributed by atoms with Gasteiger partial charge in [-0.2, -0.15) is 0 Å². The number of nitro benzene ring substituents is 1. The van der Waals surface area contributed by atoms with Gasteiger partial charge in [0.1, 0.15) is 11.4 Å². The van der Waals surface area contributed by atoms with E-state index in [2.05, 4.69) is 10.3 Å². The number of aromatic amines is 1.